The predicted octanol–water partition coefficient (Wildman–Crippen LogP) is 5.28. The van der Waals surface area contributed by atoms with Gasteiger partial charge < -0.3 is 14.9 Å². The van der Waals surface area contributed by atoms with Crippen molar-refractivity contribution in [2.24, 2.45) is 0 Å². The first-order chi connectivity index (χ1) is 11.9. The summed E-state index contributed by atoms with van der Waals surface area (Å²) < 4.78 is 0. The van der Waals surface area contributed by atoms with Gasteiger partial charge in [0.25, 0.3) is 0 Å². The van der Waals surface area contributed by atoms with Crippen LogP contribution in [0.1, 0.15) is 24.0 Å². The van der Waals surface area contributed by atoms with Crippen molar-refractivity contribution in [2.75, 3.05) is 0 Å². The summed E-state index contributed by atoms with van der Waals surface area (Å²) in [6, 6.07) is 7.99. The number of aromatic nitrogens is 2. The first-order valence-electron chi connectivity index (χ1n) is 7.64. The van der Waals surface area contributed by atoms with Gasteiger partial charge in [-0.05, 0) is 0 Å². The van der Waals surface area contributed by atoms with Gasteiger partial charge in [0.2, 0.25) is 0 Å². The van der Waals surface area contributed by atoms with E-state index in [9.17, 15) is 0 Å². The summed E-state index contributed by atoms with van der Waals surface area (Å²) in [7, 11) is 0. The van der Waals surface area contributed by atoms with Gasteiger partial charge in [0.15, 0.2) is 0 Å². The van der Waals surface area contributed by atoms with E-state index in [1.807, 2.05) is 31.1 Å². The second-order valence-corrected chi connectivity index (χ2v) is 4.87. The van der Waals surface area contributed by atoms with Gasteiger partial charge in [-0.1, -0.05) is 37.1 Å². The molecule has 2 aromatic rings. The molecule has 4 rings (SSSR count). The second kappa shape index (κ2) is 19.3. The number of pyridine rings is 2. The third kappa shape index (κ3) is 10.5. The van der Waals surface area contributed by atoms with Gasteiger partial charge in [0.05, 0.1) is 0 Å². The van der Waals surface area contributed by atoms with Gasteiger partial charge >= 0.3 is 30.2 Å². The molecule has 0 fully saturated rings. The Bertz CT molecular complexity index is 695. The third-order valence-corrected chi connectivity index (χ3v) is 3.37. The first-order valence-corrected chi connectivity index (χ1v) is 13.6. The average Bonchev–Trinajstić information content (AvgIpc) is 3.39. The Morgan fingerprint density at radius 1 is 0.679 bits per heavy atom. The maximum atomic E-state index is 3.95. The zero-order valence-corrected chi connectivity index (χ0v) is 21.8. The van der Waals surface area contributed by atoms with Crippen LogP contribution in [0.4, 0.5) is 0 Å². The number of allylic oxidation sites excluding steroid dienone is 8. The van der Waals surface area contributed by atoms with E-state index in [2.05, 4.69) is 46.4 Å². The molecule has 2 nitrogen and oxygen atoms in total. The Morgan fingerprint density at radius 2 is 1.00 bits per heavy atom. The van der Waals surface area contributed by atoms with Gasteiger partial charge in [0, 0.05) is 24.8 Å². The molecule has 0 aromatic carbocycles. The van der Waals surface area contributed by atoms with Crippen LogP contribution in [-0.2, 0) is 23.3 Å². The standard InChI is InChI=1S/2C10H8N.2CH3.2ClH.H2Si.Zr/c2*1-2-4-9(3-1)10-5-7-11-8-6-10;;;;;;/h2*1,3,5-8H,2H2;2*1H3;2*1H;1H2;/q4*-1;;;;. The molecule has 2 aliphatic carbocycles. The summed E-state index contributed by atoms with van der Waals surface area (Å²) in [5, 5.41) is 0. The molecule has 0 unspecified atom stereocenters. The van der Waals surface area contributed by atoms with E-state index in [1.54, 1.807) is 48.1 Å². The monoisotopic (exact) mass is 506 g/mol. The van der Waals surface area contributed by atoms with Crippen molar-refractivity contribution >= 4 is 42.8 Å². The van der Waals surface area contributed by atoms with E-state index < -0.39 is 0 Å². The first kappa shape index (κ1) is 31.6. The average molecular weight is 509 g/mol. The Labute approximate surface area is 199 Å². The molecule has 0 radical (unpaired) electrons. The van der Waals surface area contributed by atoms with Crippen LogP contribution >= 0.6 is 24.8 Å². The van der Waals surface area contributed by atoms with Crippen LogP contribution in [0.15, 0.2) is 73.4 Å². The maximum absolute atomic E-state index is 3.95. The summed E-state index contributed by atoms with van der Waals surface area (Å²) in [5.74, 6) is 0. The predicted molar refractivity (Wildman–Crippen MR) is 125 cm³/mol. The van der Waals surface area contributed by atoms with E-state index >= 15 is 0 Å². The van der Waals surface area contributed by atoms with E-state index in [0.29, 0.717) is 0 Å². The quantitative estimate of drug-likeness (QED) is 0.407. The van der Waals surface area contributed by atoms with Gasteiger partial charge in [-0.2, -0.15) is 35.5 Å². The van der Waals surface area contributed by atoms with Crippen LogP contribution in [0.2, 0.25) is 0 Å². The van der Waals surface area contributed by atoms with Crippen LogP contribution in [0.3, 0.4) is 0 Å². The molecule has 0 saturated heterocycles. The van der Waals surface area contributed by atoms with Crippen LogP contribution < -0.4 is 0 Å². The van der Waals surface area contributed by atoms with E-state index in [-0.39, 0.29) is 39.7 Å². The molecular formula is C22H26Cl2N2SiZr-4. The molecule has 0 aliphatic heterocycles. The van der Waals surface area contributed by atoms with Crippen molar-refractivity contribution in [1.29, 1.82) is 0 Å². The molecule has 0 N–H and O–H groups in total. The van der Waals surface area contributed by atoms with Crippen molar-refractivity contribution in [2.45, 2.75) is 12.8 Å². The van der Waals surface area contributed by atoms with Crippen molar-refractivity contribution < 1.29 is 23.3 Å². The number of hydrogen-bond donors (Lipinski definition) is 0. The fourth-order valence-corrected chi connectivity index (χ4v) is 2.27. The summed E-state index contributed by atoms with van der Waals surface area (Å²) in [6.45, 7) is 1.95. The second-order valence-electron chi connectivity index (χ2n) is 4.87. The molecule has 0 amide bonds. The Morgan fingerprint density at radius 3 is 1.25 bits per heavy atom. The zero-order valence-electron chi connectivity index (χ0n) is 16.3. The molecule has 2 aliphatic rings. The molecule has 150 valence electrons. The molecule has 0 spiro atoms. The van der Waals surface area contributed by atoms with Crippen molar-refractivity contribution in [3.8, 4) is 0 Å². The van der Waals surface area contributed by atoms with Gasteiger partial charge in [-0.25, -0.2) is 0 Å². The summed E-state index contributed by atoms with van der Waals surface area (Å²) in [6.07, 6.45) is 24.0. The number of halogens is 2. The molecule has 6 heteroatoms. The van der Waals surface area contributed by atoms with E-state index in [4.69, 9.17) is 0 Å². The van der Waals surface area contributed by atoms with E-state index in [0.717, 1.165) is 12.8 Å². The van der Waals surface area contributed by atoms with Crippen molar-refractivity contribution in [3.05, 3.63) is 111 Å². The fraction of sp³-hybridized carbons (Fsp3) is 0.0909. The van der Waals surface area contributed by atoms with E-state index in [1.165, 1.54) is 22.3 Å². The van der Waals surface area contributed by atoms with Crippen LogP contribution in [-0.4, -0.2) is 16.8 Å². The van der Waals surface area contributed by atoms with Crippen LogP contribution in [0, 0.1) is 27.0 Å². The Balaban J connectivity index is -0.000000363. The summed E-state index contributed by atoms with van der Waals surface area (Å²) in [5.41, 5.74) is 4.78. The third-order valence-electron chi connectivity index (χ3n) is 3.37. The molecule has 0 atom stereocenters. The molecular weight excluding hydrogens is 482 g/mol. The molecule has 2 aromatic heterocycles. The number of nitrogens with zero attached hydrogens (tertiary/aromatic N) is 2. The van der Waals surface area contributed by atoms with Crippen LogP contribution in [0.25, 0.3) is 11.1 Å². The minimum atomic E-state index is 0. The van der Waals surface area contributed by atoms with Crippen molar-refractivity contribution in [3.63, 3.8) is 0 Å². The molecule has 0 bridgehead atoms. The Hall–Kier alpha value is -1.06. The van der Waals surface area contributed by atoms with Gasteiger partial charge in [-0.15, -0.1) is 48.1 Å². The normalized spacial score (nSPS) is 12.0. The molecule has 28 heavy (non-hydrogen) atoms. The fourth-order valence-electron chi connectivity index (χ4n) is 2.27. The molecule has 0 saturated carbocycles. The topological polar surface area (TPSA) is 25.8 Å². The SMILES string of the molecule is Cl.Cl.[C-]1=C(c2ccncc2)C=CC1.[C-]1=C(c2ccncc2)C=CC1.[CH3-].[CH3-].[SiH2]=[Zr]. The zero-order chi connectivity index (χ0) is 17.0. The summed E-state index contributed by atoms with van der Waals surface area (Å²) in [4.78, 5) is 7.90. The minimum absolute atomic E-state index is 0. The van der Waals surface area contributed by atoms with Gasteiger partial charge in [-0.3, -0.25) is 9.97 Å². The number of rotatable bonds is 2. The van der Waals surface area contributed by atoms with Crippen LogP contribution in [0.5, 0.6) is 0 Å². The summed E-state index contributed by atoms with van der Waals surface area (Å²) >= 11 is 1.58. The number of hydrogen-bond acceptors (Lipinski definition) is 2. The van der Waals surface area contributed by atoms with Gasteiger partial charge in [0.1, 0.15) is 0 Å². The van der Waals surface area contributed by atoms with Crippen molar-refractivity contribution in [1.82, 2.24) is 9.97 Å². The Kier molecular flexibility index (Phi) is 21.8. The molecule has 2 heterocycles.